The van der Waals surface area contributed by atoms with Crippen LogP contribution in [0.5, 0.6) is 0 Å². The van der Waals surface area contributed by atoms with E-state index in [1.165, 1.54) is 321 Å². The molecule has 1 rings (SSSR count). The number of aliphatic hydroxyl groups is 5. The first-order chi connectivity index (χ1) is 44.2. The standard InChI is InChI=1S/C79H151NO10/c1-3-5-7-9-11-13-15-16-40-44-47-51-55-59-63-67-75(84)88-68-64-60-56-52-48-45-42-39-37-35-33-31-29-27-25-23-21-19-17-18-20-22-24-26-28-30-32-34-36-38-41-43-46-50-54-58-62-66-74(83)80-71(70-89-79-78(87)77(86)76(85)73(69-81)90-79)72(82)65-61-57-53-49-14-12-10-8-6-4-2/h16,40,61,65,71-73,76-79,81-82,85-87H,3-15,17-39,41-60,62-64,66-70H2,1-2H3,(H,80,83)/b40-16-,65-61+. The third-order valence-electron chi connectivity index (χ3n) is 19.1. The van der Waals surface area contributed by atoms with E-state index in [9.17, 15) is 35.1 Å². The molecule has 11 nitrogen and oxygen atoms in total. The third kappa shape index (κ3) is 56.5. The number of hydrogen-bond acceptors (Lipinski definition) is 10. The molecule has 0 aromatic heterocycles. The van der Waals surface area contributed by atoms with Crippen molar-refractivity contribution in [2.24, 2.45) is 0 Å². The van der Waals surface area contributed by atoms with Gasteiger partial charge in [0, 0.05) is 12.8 Å². The molecule has 1 amide bonds. The van der Waals surface area contributed by atoms with Crippen LogP contribution in [0.3, 0.4) is 0 Å². The van der Waals surface area contributed by atoms with E-state index in [4.69, 9.17) is 14.2 Å². The first-order valence-corrected chi connectivity index (χ1v) is 39.6. The molecule has 7 atom stereocenters. The van der Waals surface area contributed by atoms with E-state index in [2.05, 4.69) is 31.3 Å². The maximum atomic E-state index is 13.0. The molecule has 0 aromatic rings. The van der Waals surface area contributed by atoms with Crippen LogP contribution < -0.4 is 5.32 Å². The molecule has 6 N–H and O–H groups in total. The number of esters is 1. The second kappa shape index (κ2) is 68.5. The quantitative estimate of drug-likeness (QED) is 0.0195. The lowest BCUT2D eigenvalue weighted by molar-refractivity contribution is -0.302. The lowest BCUT2D eigenvalue weighted by Gasteiger charge is -2.40. The van der Waals surface area contributed by atoms with Crippen molar-refractivity contribution in [1.82, 2.24) is 5.32 Å². The minimum Gasteiger partial charge on any atom is -0.466 e. The number of ether oxygens (including phenoxy) is 3. The highest BCUT2D eigenvalue weighted by atomic mass is 16.7. The van der Waals surface area contributed by atoms with E-state index in [1.54, 1.807) is 6.08 Å². The third-order valence-corrected chi connectivity index (χ3v) is 19.1. The molecular formula is C79H151NO10. The van der Waals surface area contributed by atoms with Gasteiger partial charge in [-0.25, -0.2) is 0 Å². The second-order valence-electron chi connectivity index (χ2n) is 27.8. The summed E-state index contributed by atoms with van der Waals surface area (Å²) in [4.78, 5) is 25.1. The second-order valence-corrected chi connectivity index (χ2v) is 27.8. The summed E-state index contributed by atoms with van der Waals surface area (Å²) in [5.41, 5.74) is 0. The van der Waals surface area contributed by atoms with Gasteiger partial charge in [0.1, 0.15) is 24.4 Å². The van der Waals surface area contributed by atoms with E-state index in [-0.39, 0.29) is 18.5 Å². The predicted molar refractivity (Wildman–Crippen MR) is 380 cm³/mol. The Morgan fingerprint density at radius 2 is 0.711 bits per heavy atom. The molecule has 0 spiro atoms. The number of carbonyl (C=O) groups excluding carboxylic acids is 2. The van der Waals surface area contributed by atoms with Gasteiger partial charge >= 0.3 is 5.97 Å². The summed E-state index contributed by atoms with van der Waals surface area (Å²) < 4.78 is 16.7. The fraction of sp³-hybridized carbons (Fsp3) is 0.924. The van der Waals surface area contributed by atoms with Crippen LogP contribution in [-0.2, 0) is 23.8 Å². The van der Waals surface area contributed by atoms with Crippen LogP contribution in [-0.4, -0.2) is 100 Å². The number of unbranched alkanes of at least 4 members (excludes halogenated alkanes) is 55. The molecule has 0 aromatic carbocycles. The maximum Gasteiger partial charge on any atom is 0.305 e. The number of nitrogens with one attached hydrogen (secondary N) is 1. The fourth-order valence-electron chi connectivity index (χ4n) is 12.8. The monoisotopic (exact) mass is 1270 g/mol. The Balaban J connectivity index is 1.85. The van der Waals surface area contributed by atoms with Crippen LogP contribution in [0, 0.1) is 0 Å². The van der Waals surface area contributed by atoms with Crippen LogP contribution in [0.1, 0.15) is 406 Å². The van der Waals surface area contributed by atoms with E-state index in [0.29, 0.717) is 19.4 Å². The molecule has 0 saturated carbocycles. The molecule has 0 aliphatic carbocycles. The fourth-order valence-corrected chi connectivity index (χ4v) is 12.8. The Morgan fingerprint density at radius 1 is 0.400 bits per heavy atom. The summed E-state index contributed by atoms with van der Waals surface area (Å²) >= 11 is 0. The molecular weight excluding hydrogens is 1120 g/mol. The number of aliphatic hydroxyl groups excluding tert-OH is 5. The molecule has 1 aliphatic rings. The Morgan fingerprint density at radius 3 is 1.07 bits per heavy atom. The molecule has 1 saturated heterocycles. The van der Waals surface area contributed by atoms with Crippen molar-refractivity contribution in [2.75, 3.05) is 19.8 Å². The summed E-state index contributed by atoms with van der Waals surface area (Å²) in [6, 6.07) is -0.804. The van der Waals surface area contributed by atoms with Crippen molar-refractivity contribution in [2.45, 2.75) is 448 Å². The molecule has 1 aliphatic heterocycles. The van der Waals surface area contributed by atoms with Gasteiger partial charge in [-0.15, -0.1) is 0 Å². The zero-order valence-electron chi connectivity index (χ0n) is 59.4. The minimum absolute atomic E-state index is 0.01000. The van der Waals surface area contributed by atoms with Crippen molar-refractivity contribution < 1.29 is 49.3 Å². The normalized spacial score (nSPS) is 17.7. The molecule has 1 heterocycles. The van der Waals surface area contributed by atoms with Crippen LogP contribution in [0.2, 0.25) is 0 Å². The van der Waals surface area contributed by atoms with E-state index >= 15 is 0 Å². The van der Waals surface area contributed by atoms with Crippen molar-refractivity contribution >= 4 is 11.9 Å². The van der Waals surface area contributed by atoms with Crippen molar-refractivity contribution in [3.63, 3.8) is 0 Å². The van der Waals surface area contributed by atoms with Gasteiger partial charge in [0.05, 0.1) is 32.0 Å². The van der Waals surface area contributed by atoms with Crippen molar-refractivity contribution in [1.29, 1.82) is 0 Å². The van der Waals surface area contributed by atoms with Gasteiger partial charge in [0.2, 0.25) is 5.91 Å². The Kier molecular flexibility index (Phi) is 65.6. The number of rotatable bonds is 71. The van der Waals surface area contributed by atoms with Gasteiger partial charge in [0.15, 0.2) is 6.29 Å². The SMILES string of the molecule is CCCCCCCC/C=C\CCCCCCCC(=O)OCCCCCCCCCCCCCCCCCCCCCCCCCCCCCCCCCCCCCCCC(=O)NC(COC1OC(CO)C(O)C(O)C1O)C(O)/C=C/CCCCCCCCCC. The summed E-state index contributed by atoms with van der Waals surface area (Å²) in [5.74, 6) is -0.165. The van der Waals surface area contributed by atoms with Crippen molar-refractivity contribution in [3.8, 4) is 0 Å². The summed E-state index contributed by atoms with van der Waals surface area (Å²) in [7, 11) is 0. The summed E-state index contributed by atoms with van der Waals surface area (Å²) in [5, 5.41) is 54.4. The van der Waals surface area contributed by atoms with Crippen LogP contribution >= 0.6 is 0 Å². The van der Waals surface area contributed by atoms with Gasteiger partial charge < -0.3 is 45.1 Å². The van der Waals surface area contributed by atoms with Crippen LogP contribution in [0.4, 0.5) is 0 Å². The smallest absolute Gasteiger partial charge is 0.305 e. The summed E-state index contributed by atoms with van der Waals surface area (Å²) in [6.07, 6.45) is 78.0. The maximum absolute atomic E-state index is 13.0. The van der Waals surface area contributed by atoms with Gasteiger partial charge in [-0.1, -0.05) is 359 Å². The molecule has 0 radical (unpaired) electrons. The zero-order valence-corrected chi connectivity index (χ0v) is 59.4. The highest BCUT2D eigenvalue weighted by Gasteiger charge is 2.44. The molecule has 0 bridgehead atoms. The lowest BCUT2D eigenvalue weighted by Crippen LogP contribution is -2.60. The molecule has 7 unspecified atom stereocenters. The van der Waals surface area contributed by atoms with Gasteiger partial charge in [-0.2, -0.15) is 0 Å². The number of amides is 1. The number of allylic oxidation sites excluding steroid dienone is 3. The van der Waals surface area contributed by atoms with Crippen molar-refractivity contribution in [3.05, 3.63) is 24.3 Å². The molecule has 11 heteroatoms. The zero-order chi connectivity index (χ0) is 65.1. The largest absolute Gasteiger partial charge is 0.466 e. The molecule has 1 fully saturated rings. The van der Waals surface area contributed by atoms with E-state index in [0.717, 1.165) is 57.8 Å². The molecule has 532 valence electrons. The first-order valence-electron chi connectivity index (χ1n) is 39.6. The van der Waals surface area contributed by atoms with E-state index < -0.39 is 49.5 Å². The topological polar surface area (TPSA) is 175 Å². The van der Waals surface area contributed by atoms with Crippen LogP contribution in [0.15, 0.2) is 24.3 Å². The van der Waals surface area contributed by atoms with Gasteiger partial charge in [-0.3, -0.25) is 9.59 Å². The lowest BCUT2D eigenvalue weighted by atomic mass is 9.99. The number of hydrogen-bond donors (Lipinski definition) is 6. The average molecular weight is 1280 g/mol. The Labute approximate surface area is 556 Å². The van der Waals surface area contributed by atoms with Crippen LogP contribution in [0.25, 0.3) is 0 Å². The first kappa shape index (κ1) is 86.2. The Hall–Kier alpha value is -1.86. The highest BCUT2D eigenvalue weighted by Crippen LogP contribution is 2.24. The molecule has 90 heavy (non-hydrogen) atoms. The predicted octanol–water partition coefficient (Wildman–Crippen LogP) is 21.1. The highest BCUT2D eigenvalue weighted by molar-refractivity contribution is 5.76. The Bertz CT molecular complexity index is 1540. The van der Waals surface area contributed by atoms with E-state index in [1.807, 2.05) is 6.08 Å². The van der Waals surface area contributed by atoms with Gasteiger partial charge in [-0.05, 0) is 57.8 Å². The van der Waals surface area contributed by atoms with Gasteiger partial charge in [0.25, 0.3) is 0 Å². The average Bonchev–Trinajstić information content (AvgIpc) is 0.997. The summed E-state index contributed by atoms with van der Waals surface area (Å²) in [6.45, 7) is 4.37. The number of carbonyl (C=O) groups is 2. The minimum atomic E-state index is -1.57.